The van der Waals surface area contributed by atoms with Crippen molar-refractivity contribution in [3.8, 4) is 11.1 Å². The summed E-state index contributed by atoms with van der Waals surface area (Å²) in [6.45, 7) is -0.0675. The standard InChI is InChI=1S/C20H17N3O4S/c1-27-18(25)10-17-19(26)22-20(28-17)23-21-11-13-6-2-4-8-15(13)16-9-5-3-7-14(16)12-24/h2-11,24H,12H2,1H3,(H,22,23,26)/b17-10+,21-11?. The van der Waals surface area contributed by atoms with Gasteiger partial charge in [0.05, 0.1) is 24.8 Å². The molecule has 1 amide bonds. The van der Waals surface area contributed by atoms with Gasteiger partial charge in [-0.15, -0.1) is 5.10 Å². The maximum Gasteiger partial charge on any atom is 0.331 e. The van der Waals surface area contributed by atoms with Crippen LogP contribution < -0.4 is 5.32 Å². The normalized spacial score (nSPS) is 16.7. The van der Waals surface area contributed by atoms with Crippen LogP contribution in [0.5, 0.6) is 0 Å². The predicted octanol–water partition coefficient (Wildman–Crippen LogP) is 2.46. The van der Waals surface area contributed by atoms with Crippen LogP contribution in [0.25, 0.3) is 11.1 Å². The fourth-order valence-corrected chi connectivity index (χ4v) is 3.30. The van der Waals surface area contributed by atoms with Gasteiger partial charge in [-0.1, -0.05) is 48.5 Å². The first kappa shape index (κ1) is 19.5. The van der Waals surface area contributed by atoms with E-state index in [-0.39, 0.29) is 16.7 Å². The first-order valence-electron chi connectivity index (χ1n) is 8.30. The van der Waals surface area contributed by atoms with Gasteiger partial charge in [0.1, 0.15) is 0 Å². The smallest absolute Gasteiger partial charge is 0.331 e. The molecule has 2 N–H and O–H groups in total. The van der Waals surface area contributed by atoms with Gasteiger partial charge >= 0.3 is 5.97 Å². The second kappa shape index (κ2) is 9.12. The molecule has 2 aromatic rings. The molecule has 0 aromatic heterocycles. The van der Waals surface area contributed by atoms with Gasteiger partial charge in [0.25, 0.3) is 5.91 Å². The van der Waals surface area contributed by atoms with Gasteiger partial charge in [0, 0.05) is 11.6 Å². The fraction of sp³-hybridized carbons (Fsp3) is 0.100. The molecule has 0 saturated carbocycles. The number of aliphatic hydroxyl groups is 1. The van der Waals surface area contributed by atoms with E-state index in [1.807, 2.05) is 48.5 Å². The number of benzene rings is 2. The Morgan fingerprint density at radius 1 is 1.18 bits per heavy atom. The highest BCUT2D eigenvalue weighted by Crippen LogP contribution is 2.27. The third-order valence-electron chi connectivity index (χ3n) is 3.89. The van der Waals surface area contributed by atoms with E-state index >= 15 is 0 Å². The summed E-state index contributed by atoms with van der Waals surface area (Å²) in [5, 5.41) is 20.4. The van der Waals surface area contributed by atoms with E-state index in [1.165, 1.54) is 7.11 Å². The van der Waals surface area contributed by atoms with Crippen LogP contribution in [-0.4, -0.2) is 35.5 Å². The minimum Gasteiger partial charge on any atom is -0.466 e. The van der Waals surface area contributed by atoms with Crippen molar-refractivity contribution >= 4 is 35.0 Å². The molecule has 1 fully saturated rings. The van der Waals surface area contributed by atoms with E-state index in [0.29, 0.717) is 0 Å². The lowest BCUT2D eigenvalue weighted by atomic mass is 9.96. The van der Waals surface area contributed by atoms with Crippen LogP contribution >= 0.6 is 11.8 Å². The van der Waals surface area contributed by atoms with E-state index in [9.17, 15) is 14.7 Å². The number of methoxy groups -OCH3 is 1. The van der Waals surface area contributed by atoms with Crippen molar-refractivity contribution < 1.29 is 19.4 Å². The molecule has 0 aliphatic carbocycles. The Hall–Kier alpha value is -3.23. The molecule has 1 aliphatic heterocycles. The van der Waals surface area contributed by atoms with Crippen molar-refractivity contribution in [1.82, 2.24) is 5.32 Å². The van der Waals surface area contributed by atoms with Gasteiger partial charge < -0.3 is 9.84 Å². The van der Waals surface area contributed by atoms with Crippen molar-refractivity contribution in [3.63, 3.8) is 0 Å². The molecule has 2 aromatic carbocycles. The SMILES string of the molecule is COC(=O)/C=C1/S/C(=N\N=Cc2ccccc2-c2ccccc2CO)NC1=O. The zero-order chi connectivity index (χ0) is 19.9. The number of nitrogens with zero attached hydrogens (tertiary/aromatic N) is 2. The molecule has 0 unspecified atom stereocenters. The summed E-state index contributed by atoms with van der Waals surface area (Å²) in [5.41, 5.74) is 3.44. The van der Waals surface area contributed by atoms with Gasteiger partial charge in [-0.3, -0.25) is 10.1 Å². The van der Waals surface area contributed by atoms with Gasteiger partial charge in [-0.2, -0.15) is 5.10 Å². The van der Waals surface area contributed by atoms with Crippen molar-refractivity contribution in [2.45, 2.75) is 6.61 Å². The number of hydrogen-bond acceptors (Lipinski definition) is 7. The third kappa shape index (κ3) is 4.54. The molecule has 1 heterocycles. The number of carbonyl (C=O) groups excluding carboxylic acids is 2. The lowest BCUT2D eigenvalue weighted by Gasteiger charge is -2.09. The average molecular weight is 395 g/mol. The van der Waals surface area contributed by atoms with Crippen molar-refractivity contribution in [2.24, 2.45) is 10.2 Å². The van der Waals surface area contributed by atoms with Crippen LogP contribution in [0.15, 0.2) is 69.7 Å². The van der Waals surface area contributed by atoms with Crippen molar-refractivity contribution in [3.05, 3.63) is 70.6 Å². The maximum atomic E-state index is 11.8. The number of amides is 1. The Kier molecular flexibility index (Phi) is 6.36. The molecule has 3 rings (SSSR count). The van der Waals surface area contributed by atoms with Gasteiger partial charge in [0.2, 0.25) is 0 Å². The predicted molar refractivity (Wildman–Crippen MR) is 109 cm³/mol. The first-order valence-corrected chi connectivity index (χ1v) is 9.12. The largest absolute Gasteiger partial charge is 0.466 e. The first-order chi connectivity index (χ1) is 13.6. The number of thioether (sulfide) groups is 1. The molecule has 0 radical (unpaired) electrons. The molecule has 0 atom stereocenters. The number of amidine groups is 1. The summed E-state index contributed by atoms with van der Waals surface area (Å²) in [5.74, 6) is -1.04. The molecule has 1 aliphatic rings. The monoisotopic (exact) mass is 395 g/mol. The second-order valence-corrected chi connectivity index (χ2v) is 6.67. The zero-order valence-corrected chi connectivity index (χ0v) is 15.8. The van der Waals surface area contributed by atoms with E-state index in [2.05, 4.69) is 20.3 Å². The van der Waals surface area contributed by atoms with Crippen LogP contribution in [0.2, 0.25) is 0 Å². The maximum absolute atomic E-state index is 11.8. The number of hydrogen-bond donors (Lipinski definition) is 2. The number of rotatable bonds is 5. The molecular formula is C20H17N3O4S. The van der Waals surface area contributed by atoms with Crippen LogP contribution in [0.3, 0.4) is 0 Å². The molecule has 0 spiro atoms. The summed E-state index contributed by atoms with van der Waals surface area (Å²) in [4.78, 5) is 23.3. The number of ether oxygens (including phenoxy) is 1. The number of aliphatic hydroxyl groups excluding tert-OH is 1. The van der Waals surface area contributed by atoms with E-state index in [4.69, 9.17) is 0 Å². The summed E-state index contributed by atoms with van der Waals surface area (Å²) >= 11 is 1.01. The molecule has 8 heteroatoms. The van der Waals surface area contributed by atoms with Crippen LogP contribution in [0.1, 0.15) is 11.1 Å². The van der Waals surface area contributed by atoms with Gasteiger partial charge in [-0.25, -0.2) is 4.79 Å². The molecule has 28 heavy (non-hydrogen) atoms. The number of nitrogens with one attached hydrogen (secondary N) is 1. The Morgan fingerprint density at radius 2 is 1.89 bits per heavy atom. The van der Waals surface area contributed by atoms with Gasteiger partial charge in [0.15, 0.2) is 5.17 Å². The molecule has 1 saturated heterocycles. The summed E-state index contributed by atoms with van der Waals surface area (Å²) in [6, 6.07) is 15.2. The molecule has 0 bridgehead atoms. The van der Waals surface area contributed by atoms with Crippen LogP contribution in [0, 0.1) is 0 Å². The minimum absolute atomic E-state index is 0.0675. The molecular weight excluding hydrogens is 378 g/mol. The average Bonchev–Trinajstić information content (AvgIpc) is 3.07. The Morgan fingerprint density at radius 3 is 2.64 bits per heavy atom. The van der Waals surface area contributed by atoms with E-state index < -0.39 is 11.9 Å². The lowest BCUT2D eigenvalue weighted by Crippen LogP contribution is -2.19. The quantitative estimate of drug-likeness (QED) is 0.351. The highest BCUT2D eigenvalue weighted by Gasteiger charge is 2.25. The topological polar surface area (TPSA) is 100 Å². The van der Waals surface area contributed by atoms with Gasteiger partial charge in [-0.05, 0) is 28.5 Å². The lowest BCUT2D eigenvalue weighted by molar-refractivity contribution is -0.135. The Bertz CT molecular complexity index is 998. The Labute approximate surface area is 165 Å². The van der Waals surface area contributed by atoms with Crippen LogP contribution in [-0.2, 0) is 20.9 Å². The van der Waals surface area contributed by atoms with Crippen molar-refractivity contribution in [1.29, 1.82) is 0 Å². The Balaban J connectivity index is 1.83. The number of carbonyl (C=O) groups is 2. The van der Waals surface area contributed by atoms with Crippen LogP contribution in [0.4, 0.5) is 0 Å². The second-order valence-electron chi connectivity index (χ2n) is 5.64. The highest BCUT2D eigenvalue weighted by molar-refractivity contribution is 8.18. The molecule has 7 nitrogen and oxygen atoms in total. The summed E-state index contributed by atoms with van der Waals surface area (Å²) < 4.78 is 4.51. The highest BCUT2D eigenvalue weighted by atomic mass is 32.2. The zero-order valence-electron chi connectivity index (χ0n) is 15.0. The number of esters is 1. The minimum atomic E-state index is -0.612. The summed E-state index contributed by atoms with van der Waals surface area (Å²) in [6.07, 6.45) is 2.68. The van der Waals surface area contributed by atoms with E-state index in [1.54, 1.807) is 6.21 Å². The molecule has 142 valence electrons. The third-order valence-corrected chi connectivity index (χ3v) is 4.79. The fourth-order valence-electron chi connectivity index (χ4n) is 2.56. The van der Waals surface area contributed by atoms with E-state index in [0.717, 1.165) is 40.1 Å². The van der Waals surface area contributed by atoms with Crippen molar-refractivity contribution in [2.75, 3.05) is 7.11 Å². The summed E-state index contributed by atoms with van der Waals surface area (Å²) in [7, 11) is 1.24.